The Labute approximate surface area is 146 Å². The number of nitrogens with zero attached hydrogens (tertiary/aromatic N) is 2. The van der Waals surface area contributed by atoms with Gasteiger partial charge in [-0.2, -0.15) is 0 Å². The van der Waals surface area contributed by atoms with Crippen LogP contribution in [0.3, 0.4) is 0 Å². The summed E-state index contributed by atoms with van der Waals surface area (Å²) in [5.41, 5.74) is 0.517. The van der Waals surface area contributed by atoms with Crippen molar-refractivity contribution in [3.63, 3.8) is 0 Å². The zero-order chi connectivity index (χ0) is 18.6. The monoisotopic (exact) mass is 342 g/mol. The lowest BCUT2D eigenvalue weighted by atomic mass is 9.75. The molecule has 0 saturated carbocycles. The highest BCUT2D eigenvalue weighted by molar-refractivity contribution is 5.87. The number of Topliss-reactive ketones (excluding diaryl/α,β-unsaturated/α-hetero) is 1. The average Bonchev–Trinajstić information content (AvgIpc) is 2.58. The van der Waals surface area contributed by atoms with Crippen LogP contribution >= 0.6 is 0 Å². The third kappa shape index (κ3) is 4.02. The average molecular weight is 342 g/mol. The lowest BCUT2D eigenvalue weighted by Crippen LogP contribution is -2.34. The topological polar surface area (TPSA) is 89.3 Å². The van der Waals surface area contributed by atoms with E-state index in [4.69, 9.17) is 5.11 Å². The zero-order valence-electron chi connectivity index (χ0n) is 14.7. The molecule has 132 valence electrons. The standard InChI is InChI=1S/C19H22N2O4/c1-13-11-20-16(18(25)21(13)12-17(23)24)9-10-19(3,14(2)22)15-7-5-4-6-8-15/h4-8,11H,9-10,12H2,1-3H3,(H,23,24). The van der Waals surface area contributed by atoms with Crippen LogP contribution in [0.25, 0.3) is 0 Å². The third-order valence-corrected chi connectivity index (χ3v) is 4.67. The SMILES string of the molecule is CC(=O)C(C)(CCc1ncc(C)n(CC(=O)O)c1=O)c1ccccc1. The van der Waals surface area contributed by atoms with Crippen LogP contribution in [0.15, 0.2) is 41.3 Å². The molecule has 6 heteroatoms. The Morgan fingerprint density at radius 2 is 1.88 bits per heavy atom. The molecular formula is C19H22N2O4. The summed E-state index contributed by atoms with van der Waals surface area (Å²) in [7, 11) is 0. The van der Waals surface area contributed by atoms with Crippen LogP contribution in [0.2, 0.25) is 0 Å². The molecule has 0 spiro atoms. The number of hydrogen-bond acceptors (Lipinski definition) is 4. The van der Waals surface area contributed by atoms with Crippen molar-refractivity contribution in [2.24, 2.45) is 0 Å². The molecule has 1 aromatic carbocycles. The third-order valence-electron chi connectivity index (χ3n) is 4.67. The van der Waals surface area contributed by atoms with Gasteiger partial charge < -0.3 is 5.11 Å². The maximum Gasteiger partial charge on any atom is 0.323 e. The Morgan fingerprint density at radius 3 is 2.44 bits per heavy atom. The van der Waals surface area contributed by atoms with Crippen LogP contribution in [0.5, 0.6) is 0 Å². The number of aryl methyl sites for hydroxylation is 2. The van der Waals surface area contributed by atoms with Gasteiger partial charge in [0.15, 0.2) is 0 Å². The minimum Gasteiger partial charge on any atom is -0.480 e. The first-order valence-corrected chi connectivity index (χ1v) is 8.09. The number of benzene rings is 1. The van der Waals surface area contributed by atoms with E-state index in [9.17, 15) is 14.4 Å². The van der Waals surface area contributed by atoms with Gasteiger partial charge >= 0.3 is 5.97 Å². The molecule has 1 N–H and O–H groups in total. The molecular weight excluding hydrogens is 320 g/mol. The summed E-state index contributed by atoms with van der Waals surface area (Å²) in [5.74, 6) is -1.07. The predicted octanol–water partition coefficient (Wildman–Crippen LogP) is 2.12. The molecule has 0 aliphatic rings. The molecule has 0 aliphatic carbocycles. The van der Waals surface area contributed by atoms with E-state index >= 15 is 0 Å². The number of ketones is 1. The molecule has 0 aliphatic heterocycles. The second kappa shape index (κ2) is 7.42. The second-order valence-electron chi connectivity index (χ2n) is 6.39. The summed E-state index contributed by atoms with van der Waals surface area (Å²) in [5, 5.41) is 8.96. The van der Waals surface area contributed by atoms with Crippen molar-refractivity contribution in [1.29, 1.82) is 0 Å². The van der Waals surface area contributed by atoms with Gasteiger partial charge in [0.05, 0.1) is 5.41 Å². The van der Waals surface area contributed by atoms with E-state index in [-0.39, 0.29) is 11.5 Å². The molecule has 0 saturated heterocycles. The minimum absolute atomic E-state index is 0.0108. The number of aliphatic carboxylic acids is 1. The Morgan fingerprint density at radius 1 is 1.24 bits per heavy atom. The maximum atomic E-state index is 12.5. The van der Waals surface area contributed by atoms with Gasteiger partial charge in [0.2, 0.25) is 0 Å². The van der Waals surface area contributed by atoms with E-state index in [1.807, 2.05) is 37.3 Å². The van der Waals surface area contributed by atoms with E-state index in [1.165, 1.54) is 17.7 Å². The molecule has 2 rings (SSSR count). The fourth-order valence-electron chi connectivity index (χ4n) is 2.81. The summed E-state index contributed by atoms with van der Waals surface area (Å²) < 4.78 is 1.19. The molecule has 1 heterocycles. The van der Waals surface area contributed by atoms with Crippen molar-refractivity contribution in [3.05, 3.63) is 63.8 Å². The first-order chi connectivity index (χ1) is 11.8. The fraction of sp³-hybridized carbons (Fsp3) is 0.368. The van der Waals surface area contributed by atoms with Gasteiger partial charge in [-0.25, -0.2) is 0 Å². The van der Waals surface area contributed by atoms with Gasteiger partial charge in [-0.15, -0.1) is 0 Å². The van der Waals surface area contributed by atoms with E-state index < -0.39 is 23.5 Å². The van der Waals surface area contributed by atoms with Gasteiger partial charge in [-0.05, 0) is 39.2 Å². The number of hydrogen-bond donors (Lipinski definition) is 1. The quantitative estimate of drug-likeness (QED) is 0.832. The van der Waals surface area contributed by atoms with Crippen LogP contribution in [0, 0.1) is 6.92 Å². The Kier molecular flexibility index (Phi) is 5.51. The molecule has 0 fully saturated rings. The molecule has 2 aromatic rings. The normalized spacial score (nSPS) is 13.2. The van der Waals surface area contributed by atoms with E-state index in [0.717, 1.165) is 5.56 Å². The lowest BCUT2D eigenvalue weighted by Gasteiger charge is -2.27. The van der Waals surface area contributed by atoms with Crippen LogP contribution < -0.4 is 5.56 Å². The summed E-state index contributed by atoms with van der Waals surface area (Å²) in [6.45, 7) is 4.64. The lowest BCUT2D eigenvalue weighted by molar-refractivity contribution is -0.137. The van der Waals surface area contributed by atoms with Crippen molar-refractivity contribution in [2.75, 3.05) is 0 Å². The minimum atomic E-state index is -1.08. The van der Waals surface area contributed by atoms with E-state index in [1.54, 1.807) is 6.92 Å². The number of carbonyl (C=O) groups is 2. The molecule has 25 heavy (non-hydrogen) atoms. The van der Waals surface area contributed by atoms with Crippen LogP contribution in [0.1, 0.15) is 37.2 Å². The molecule has 1 unspecified atom stereocenters. The number of carbonyl (C=O) groups excluding carboxylic acids is 1. The van der Waals surface area contributed by atoms with Gasteiger partial charge in [-0.1, -0.05) is 30.3 Å². The summed E-state index contributed by atoms with van der Waals surface area (Å²) in [6, 6.07) is 9.43. The zero-order valence-corrected chi connectivity index (χ0v) is 14.7. The molecule has 0 bridgehead atoms. The van der Waals surface area contributed by atoms with E-state index in [0.29, 0.717) is 18.5 Å². The van der Waals surface area contributed by atoms with Gasteiger partial charge in [0.25, 0.3) is 5.56 Å². The highest BCUT2D eigenvalue weighted by atomic mass is 16.4. The molecule has 6 nitrogen and oxygen atoms in total. The van der Waals surface area contributed by atoms with Crippen molar-refractivity contribution in [1.82, 2.24) is 9.55 Å². The Hall–Kier alpha value is -2.76. The number of carboxylic acids is 1. The number of rotatable bonds is 7. The first-order valence-electron chi connectivity index (χ1n) is 8.09. The maximum absolute atomic E-state index is 12.5. The van der Waals surface area contributed by atoms with Crippen LogP contribution in [-0.2, 0) is 28.0 Å². The van der Waals surface area contributed by atoms with E-state index in [2.05, 4.69) is 4.98 Å². The van der Waals surface area contributed by atoms with Gasteiger partial charge in [0, 0.05) is 11.9 Å². The fourth-order valence-corrected chi connectivity index (χ4v) is 2.81. The van der Waals surface area contributed by atoms with Gasteiger partial charge in [0.1, 0.15) is 18.0 Å². The second-order valence-corrected chi connectivity index (χ2v) is 6.39. The highest BCUT2D eigenvalue weighted by Crippen LogP contribution is 2.29. The number of aromatic nitrogens is 2. The molecule has 1 aromatic heterocycles. The summed E-state index contributed by atoms with van der Waals surface area (Å²) in [6.07, 6.45) is 2.21. The highest BCUT2D eigenvalue weighted by Gasteiger charge is 2.32. The van der Waals surface area contributed by atoms with Crippen molar-refractivity contribution in [2.45, 2.75) is 45.6 Å². The van der Waals surface area contributed by atoms with Crippen molar-refractivity contribution >= 4 is 11.8 Å². The Balaban J connectivity index is 2.32. The summed E-state index contributed by atoms with van der Waals surface area (Å²) in [4.78, 5) is 39.9. The Bertz CT molecular complexity index is 842. The van der Waals surface area contributed by atoms with Crippen LogP contribution in [-0.4, -0.2) is 26.4 Å². The first kappa shape index (κ1) is 18.6. The number of carboxylic acid groups (broad SMARTS) is 1. The summed E-state index contributed by atoms with van der Waals surface area (Å²) >= 11 is 0. The largest absolute Gasteiger partial charge is 0.480 e. The van der Waals surface area contributed by atoms with Crippen molar-refractivity contribution < 1.29 is 14.7 Å². The van der Waals surface area contributed by atoms with Crippen molar-refractivity contribution in [3.8, 4) is 0 Å². The molecule has 1 atom stereocenters. The predicted molar refractivity (Wildman–Crippen MR) is 93.7 cm³/mol. The van der Waals surface area contributed by atoms with Crippen LogP contribution in [0.4, 0.5) is 0 Å². The molecule has 0 amide bonds. The smallest absolute Gasteiger partial charge is 0.323 e. The molecule has 0 radical (unpaired) electrons. The van der Waals surface area contributed by atoms with Gasteiger partial charge in [-0.3, -0.25) is 23.9 Å².